The number of hydrogen-bond donors (Lipinski definition) is 1. The monoisotopic (exact) mass is 411 g/mol. The second kappa shape index (κ2) is 8.66. The molecule has 0 aliphatic heterocycles. The fourth-order valence-electron chi connectivity index (χ4n) is 2.56. The predicted molar refractivity (Wildman–Crippen MR) is 111 cm³/mol. The highest BCUT2D eigenvalue weighted by molar-refractivity contribution is 6.42. The summed E-state index contributed by atoms with van der Waals surface area (Å²) in [5, 5.41) is 12.8. The van der Waals surface area contributed by atoms with Crippen LogP contribution in [-0.4, -0.2) is 17.6 Å². The maximum absolute atomic E-state index is 12.5. The highest BCUT2D eigenvalue weighted by Crippen LogP contribution is 2.25. The molecule has 140 valence electrons. The molecule has 1 N–H and O–H groups in total. The lowest BCUT2D eigenvalue weighted by atomic mass is 10.2. The van der Waals surface area contributed by atoms with Crippen LogP contribution in [0.5, 0.6) is 5.75 Å². The number of carbonyl (C=O) groups excluding carboxylic acids is 1. The molecular weight excluding hydrogens is 397 g/mol. The fraction of sp³-hybridized carbons (Fsp3) is 0.0476. The molecule has 0 bridgehead atoms. The first-order valence-electron chi connectivity index (χ1n) is 8.22. The quantitative estimate of drug-likeness (QED) is 0.455. The third kappa shape index (κ3) is 4.37. The van der Waals surface area contributed by atoms with Crippen molar-refractivity contribution in [2.45, 2.75) is 0 Å². The van der Waals surface area contributed by atoms with Gasteiger partial charge in [-0.3, -0.25) is 4.79 Å². The zero-order valence-electron chi connectivity index (χ0n) is 14.8. The number of nitriles is 1. The molecule has 7 heteroatoms. The van der Waals surface area contributed by atoms with Crippen LogP contribution in [0.1, 0.15) is 5.69 Å². The van der Waals surface area contributed by atoms with E-state index >= 15 is 0 Å². The minimum Gasteiger partial charge on any atom is -0.497 e. The average molecular weight is 412 g/mol. The summed E-state index contributed by atoms with van der Waals surface area (Å²) in [4.78, 5) is 12.5. The third-order valence-corrected chi connectivity index (χ3v) is 4.70. The second-order valence-corrected chi connectivity index (χ2v) is 6.57. The summed E-state index contributed by atoms with van der Waals surface area (Å²) in [7, 11) is 1.60. The number of amides is 1. The Morgan fingerprint density at radius 3 is 2.54 bits per heavy atom. The highest BCUT2D eigenvalue weighted by Gasteiger charge is 2.12. The van der Waals surface area contributed by atoms with E-state index in [4.69, 9.17) is 27.9 Å². The molecule has 0 spiro atoms. The van der Waals surface area contributed by atoms with Crippen LogP contribution in [0.3, 0.4) is 0 Å². The highest BCUT2D eigenvalue weighted by atomic mass is 35.5. The van der Waals surface area contributed by atoms with Gasteiger partial charge in [0.15, 0.2) is 0 Å². The summed E-state index contributed by atoms with van der Waals surface area (Å²) in [6.45, 7) is 0. The van der Waals surface area contributed by atoms with E-state index in [1.807, 2.05) is 53.2 Å². The van der Waals surface area contributed by atoms with E-state index in [0.717, 1.165) is 11.4 Å². The van der Waals surface area contributed by atoms with Crippen molar-refractivity contribution in [3.63, 3.8) is 0 Å². The number of nitrogens with zero attached hydrogens (tertiary/aromatic N) is 2. The first-order valence-corrected chi connectivity index (χ1v) is 8.97. The number of rotatable bonds is 5. The molecule has 0 radical (unpaired) electrons. The molecule has 0 aliphatic rings. The van der Waals surface area contributed by atoms with E-state index in [2.05, 4.69) is 5.32 Å². The van der Waals surface area contributed by atoms with Gasteiger partial charge in [0.2, 0.25) is 0 Å². The lowest BCUT2D eigenvalue weighted by molar-refractivity contribution is -0.112. The Balaban J connectivity index is 1.86. The van der Waals surface area contributed by atoms with Crippen LogP contribution in [-0.2, 0) is 4.79 Å². The molecule has 1 aromatic heterocycles. The lowest BCUT2D eigenvalue weighted by Gasteiger charge is -2.09. The van der Waals surface area contributed by atoms with E-state index in [1.165, 1.54) is 12.1 Å². The Morgan fingerprint density at radius 1 is 1.14 bits per heavy atom. The molecule has 0 saturated carbocycles. The lowest BCUT2D eigenvalue weighted by Crippen LogP contribution is -2.13. The summed E-state index contributed by atoms with van der Waals surface area (Å²) in [6.07, 6.45) is 3.37. The van der Waals surface area contributed by atoms with Crippen LogP contribution in [0.25, 0.3) is 11.8 Å². The largest absolute Gasteiger partial charge is 0.497 e. The smallest absolute Gasteiger partial charge is 0.266 e. The fourth-order valence-corrected chi connectivity index (χ4v) is 2.86. The van der Waals surface area contributed by atoms with E-state index in [1.54, 1.807) is 19.2 Å². The normalized spacial score (nSPS) is 11.0. The van der Waals surface area contributed by atoms with E-state index < -0.39 is 5.91 Å². The number of nitrogens with one attached hydrogen (secondary N) is 1. The number of aromatic nitrogens is 1. The molecule has 5 nitrogen and oxygen atoms in total. The maximum atomic E-state index is 12.5. The van der Waals surface area contributed by atoms with Crippen LogP contribution >= 0.6 is 23.2 Å². The molecule has 2 aromatic carbocycles. The Labute approximate surface area is 172 Å². The van der Waals surface area contributed by atoms with Crippen LogP contribution in [0.15, 0.2) is 66.4 Å². The van der Waals surface area contributed by atoms with Gasteiger partial charge in [0.1, 0.15) is 17.4 Å². The van der Waals surface area contributed by atoms with Gasteiger partial charge in [0.25, 0.3) is 5.91 Å². The summed E-state index contributed by atoms with van der Waals surface area (Å²) in [5.74, 6) is 0.204. The summed E-state index contributed by atoms with van der Waals surface area (Å²) >= 11 is 11.8. The number of methoxy groups -OCH3 is 1. The molecule has 0 fully saturated rings. The summed E-state index contributed by atoms with van der Waals surface area (Å²) < 4.78 is 7.03. The van der Waals surface area contributed by atoms with Crippen molar-refractivity contribution >= 4 is 40.9 Å². The minimum atomic E-state index is -0.539. The molecule has 0 unspecified atom stereocenters. The first kappa shape index (κ1) is 19.6. The van der Waals surface area contributed by atoms with Gasteiger partial charge in [0.05, 0.1) is 17.2 Å². The van der Waals surface area contributed by atoms with Crippen LogP contribution in [0.4, 0.5) is 5.69 Å². The average Bonchev–Trinajstić information content (AvgIpc) is 3.17. The van der Waals surface area contributed by atoms with Gasteiger partial charge in [-0.05, 0) is 60.7 Å². The van der Waals surface area contributed by atoms with Gasteiger partial charge in [-0.25, -0.2) is 0 Å². The molecule has 3 aromatic rings. The molecule has 1 amide bonds. The zero-order valence-corrected chi connectivity index (χ0v) is 16.3. The summed E-state index contributed by atoms with van der Waals surface area (Å²) in [5.41, 5.74) is 1.97. The summed E-state index contributed by atoms with van der Waals surface area (Å²) in [6, 6.07) is 17.7. The van der Waals surface area contributed by atoms with Crippen molar-refractivity contribution in [1.29, 1.82) is 5.26 Å². The van der Waals surface area contributed by atoms with Gasteiger partial charge in [-0.1, -0.05) is 23.2 Å². The maximum Gasteiger partial charge on any atom is 0.266 e. The molecular formula is C21H15Cl2N3O2. The van der Waals surface area contributed by atoms with Gasteiger partial charge in [-0.2, -0.15) is 5.26 Å². The van der Waals surface area contributed by atoms with Crippen molar-refractivity contribution in [2.75, 3.05) is 12.4 Å². The first-order chi connectivity index (χ1) is 13.5. The Kier molecular flexibility index (Phi) is 6.05. The van der Waals surface area contributed by atoms with Gasteiger partial charge in [0, 0.05) is 23.3 Å². The molecule has 0 atom stereocenters. The Hall–Kier alpha value is -3.20. The number of hydrogen-bond acceptors (Lipinski definition) is 3. The van der Waals surface area contributed by atoms with Crippen LogP contribution in [0.2, 0.25) is 10.0 Å². The number of carbonyl (C=O) groups is 1. The van der Waals surface area contributed by atoms with Crippen LogP contribution in [0, 0.1) is 11.3 Å². The molecule has 0 aliphatic carbocycles. The predicted octanol–water partition coefficient (Wildman–Crippen LogP) is 5.34. The van der Waals surface area contributed by atoms with Crippen molar-refractivity contribution < 1.29 is 9.53 Å². The van der Waals surface area contributed by atoms with Crippen LogP contribution < -0.4 is 10.1 Å². The number of anilines is 1. The van der Waals surface area contributed by atoms with Crippen molar-refractivity contribution in [2.24, 2.45) is 0 Å². The second-order valence-electron chi connectivity index (χ2n) is 5.75. The molecule has 28 heavy (non-hydrogen) atoms. The standard InChI is InChI=1S/C21H15Cl2N3O2/c1-28-18-7-5-16(6-8-18)26-10-2-3-17(26)11-14(13-24)21(27)25-15-4-9-19(22)20(23)12-15/h2-12H,1H3,(H,25,27)/b14-11-. The van der Waals surface area contributed by atoms with E-state index in [9.17, 15) is 10.1 Å². The van der Waals surface area contributed by atoms with Crippen molar-refractivity contribution in [1.82, 2.24) is 4.57 Å². The number of benzene rings is 2. The molecule has 3 rings (SSSR count). The van der Waals surface area contributed by atoms with Gasteiger partial charge < -0.3 is 14.6 Å². The number of ether oxygens (including phenoxy) is 1. The van der Waals surface area contributed by atoms with E-state index in [-0.39, 0.29) is 5.57 Å². The molecule has 0 saturated heterocycles. The Morgan fingerprint density at radius 2 is 1.89 bits per heavy atom. The third-order valence-electron chi connectivity index (χ3n) is 3.97. The van der Waals surface area contributed by atoms with Crippen molar-refractivity contribution in [3.05, 3.63) is 82.1 Å². The SMILES string of the molecule is COc1ccc(-n2cccc2/C=C(/C#N)C(=O)Nc2ccc(Cl)c(Cl)c2)cc1. The zero-order chi connectivity index (χ0) is 20.1. The van der Waals surface area contributed by atoms with Gasteiger partial charge in [-0.15, -0.1) is 0 Å². The van der Waals surface area contributed by atoms with Gasteiger partial charge >= 0.3 is 0 Å². The minimum absolute atomic E-state index is 0.0421. The van der Waals surface area contributed by atoms with Crippen molar-refractivity contribution in [3.8, 4) is 17.5 Å². The Bertz CT molecular complexity index is 1080. The van der Waals surface area contributed by atoms with E-state index in [0.29, 0.717) is 21.4 Å². The number of halogens is 2. The molecule has 1 heterocycles. The topological polar surface area (TPSA) is 67.0 Å².